The number of hydrogen-bond acceptors (Lipinski definition) is 4. The van der Waals surface area contributed by atoms with E-state index in [2.05, 4.69) is 10.6 Å². The van der Waals surface area contributed by atoms with Crippen molar-refractivity contribution in [2.45, 2.75) is 25.1 Å². The van der Waals surface area contributed by atoms with E-state index < -0.39 is 17.6 Å². The molecule has 1 heterocycles. The van der Waals surface area contributed by atoms with E-state index in [-0.39, 0.29) is 24.3 Å². The van der Waals surface area contributed by atoms with Crippen molar-refractivity contribution in [3.63, 3.8) is 0 Å². The van der Waals surface area contributed by atoms with E-state index in [9.17, 15) is 22.8 Å². The zero-order valence-corrected chi connectivity index (χ0v) is 16.0. The van der Waals surface area contributed by atoms with Gasteiger partial charge in [0, 0.05) is 24.4 Å². The number of anilines is 1. The van der Waals surface area contributed by atoms with Crippen LogP contribution in [0.2, 0.25) is 0 Å². The molecular weight excluding hydrogens is 401 g/mol. The van der Waals surface area contributed by atoms with Crippen molar-refractivity contribution in [2.24, 2.45) is 0 Å². The number of amides is 2. The molecule has 2 aromatic carbocycles. The molecule has 1 aliphatic heterocycles. The summed E-state index contributed by atoms with van der Waals surface area (Å²) in [5.74, 6) is -0.489. The van der Waals surface area contributed by atoms with Crippen molar-refractivity contribution in [3.8, 4) is 5.75 Å². The molecule has 1 fully saturated rings. The molecule has 3 rings (SSSR count). The maximum Gasteiger partial charge on any atom is 0.416 e. The Morgan fingerprint density at radius 3 is 2.57 bits per heavy atom. The highest BCUT2D eigenvalue weighted by Crippen LogP contribution is 2.30. The molecule has 2 aromatic rings. The highest BCUT2D eigenvalue weighted by Gasteiger charge is 2.30. The van der Waals surface area contributed by atoms with Crippen LogP contribution in [0.5, 0.6) is 5.75 Å². The zero-order valence-electron chi connectivity index (χ0n) is 16.0. The van der Waals surface area contributed by atoms with Crippen LogP contribution in [0.15, 0.2) is 48.5 Å². The van der Waals surface area contributed by atoms with Gasteiger partial charge < -0.3 is 20.1 Å². The summed E-state index contributed by atoms with van der Waals surface area (Å²) in [6, 6.07) is 10.5. The largest absolute Gasteiger partial charge is 0.484 e. The molecule has 0 aromatic heterocycles. The van der Waals surface area contributed by atoms with Crippen LogP contribution in [-0.4, -0.2) is 37.7 Å². The van der Waals surface area contributed by atoms with Crippen LogP contribution in [0.1, 0.15) is 28.8 Å². The minimum Gasteiger partial charge on any atom is -0.484 e. The van der Waals surface area contributed by atoms with Gasteiger partial charge in [0.1, 0.15) is 5.75 Å². The van der Waals surface area contributed by atoms with E-state index in [4.69, 9.17) is 9.47 Å². The fourth-order valence-electron chi connectivity index (χ4n) is 2.94. The minimum absolute atomic E-state index is 0.0247. The zero-order chi connectivity index (χ0) is 21.6. The number of rotatable bonds is 7. The van der Waals surface area contributed by atoms with Gasteiger partial charge >= 0.3 is 6.18 Å². The van der Waals surface area contributed by atoms with Crippen LogP contribution >= 0.6 is 0 Å². The van der Waals surface area contributed by atoms with Crippen molar-refractivity contribution in [1.82, 2.24) is 5.32 Å². The Morgan fingerprint density at radius 2 is 1.90 bits per heavy atom. The Hall–Kier alpha value is -3.07. The second-order valence-electron chi connectivity index (χ2n) is 6.78. The highest BCUT2D eigenvalue weighted by molar-refractivity contribution is 5.94. The summed E-state index contributed by atoms with van der Waals surface area (Å²) < 4.78 is 48.9. The quantitative estimate of drug-likeness (QED) is 0.715. The fourth-order valence-corrected chi connectivity index (χ4v) is 2.94. The van der Waals surface area contributed by atoms with Gasteiger partial charge in [0.25, 0.3) is 11.8 Å². The average molecular weight is 422 g/mol. The summed E-state index contributed by atoms with van der Waals surface area (Å²) in [7, 11) is 0. The van der Waals surface area contributed by atoms with Gasteiger partial charge in [0.2, 0.25) is 0 Å². The van der Waals surface area contributed by atoms with Crippen molar-refractivity contribution >= 4 is 17.5 Å². The van der Waals surface area contributed by atoms with Gasteiger partial charge in [-0.3, -0.25) is 9.59 Å². The number of benzene rings is 2. The molecule has 2 N–H and O–H groups in total. The second kappa shape index (κ2) is 9.62. The van der Waals surface area contributed by atoms with E-state index in [1.807, 2.05) is 0 Å². The van der Waals surface area contributed by atoms with E-state index in [1.165, 1.54) is 12.1 Å². The van der Waals surface area contributed by atoms with Gasteiger partial charge in [-0.1, -0.05) is 6.07 Å². The Bertz CT molecular complexity index is 879. The standard InChI is InChI=1S/C21H21F3N2O4/c22-21(23,24)15-3-1-4-16(11-15)26-19(27)13-30-17-8-6-14(7-9-17)20(28)25-12-18-5-2-10-29-18/h1,3-4,6-9,11,18H,2,5,10,12-13H2,(H,25,28)(H,26,27)/t18-/m1/s1. The maximum atomic E-state index is 12.7. The molecule has 2 amide bonds. The lowest BCUT2D eigenvalue weighted by molar-refractivity contribution is -0.137. The van der Waals surface area contributed by atoms with Gasteiger partial charge in [-0.15, -0.1) is 0 Å². The first-order valence-corrected chi connectivity index (χ1v) is 9.41. The van der Waals surface area contributed by atoms with Gasteiger partial charge in [0.15, 0.2) is 6.61 Å². The van der Waals surface area contributed by atoms with Gasteiger partial charge in [-0.25, -0.2) is 0 Å². The first-order chi connectivity index (χ1) is 14.3. The number of hydrogen-bond donors (Lipinski definition) is 2. The Morgan fingerprint density at radius 1 is 1.13 bits per heavy atom. The smallest absolute Gasteiger partial charge is 0.416 e. The monoisotopic (exact) mass is 422 g/mol. The molecule has 1 atom stereocenters. The fraction of sp³-hybridized carbons (Fsp3) is 0.333. The maximum absolute atomic E-state index is 12.7. The molecule has 0 unspecified atom stereocenters. The van der Waals surface area contributed by atoms with Gasteiger partial charge in [-0.05, 0) is 55.3 Å². The molecule has 0 radical (unpaired) electrons. The predicted octanol–water partition coefficient (Wildman–Crippen LogP) is 3.63. The molecule has 160 valence electrons. The van der Waals surface area contributed by atoms with Crippen molar-refractivity contribution in [1.29, 1.82) is 0 Å². The molecule has 0 aliphatic carbocycles. The van der Waals surface area contributed by atoms with Crippen LogP contribution in [0.3, 0.4) is 0 Å². The van der Waals surface area contributed by atoms with Crippen molar-refractivity contribution in [2.75, 3.05) is 25.1 Å². The van der Waals surface area contributed by atoms with Crippen LogP contribution in [0.4, 0.5) is 18.9 Å². The highest BCUT2D eigenvalue weighted by atomic mass is 19.4. The van der Waals surface area contributed by atoms with Crippen LogP contribution in [-0.2, 0) is 15.7 Å². The third-order valence-corrected chi connectivity index (χ3v) is 4.47. The lowest BCUT2D eigenvalue weighted by atomic mass is 10.2. The molecule has 0 spiro atoms. The van der Waals surface area contributed by atoms with Gasteiger partial charge in [0.05, 0.1) is 11.7 Å². The van der Waals surface area contributed by atoms with E-state index >= 15 is 0 Å². The number of ether oxygens (including phenoxy) is 2. The Labute approximate surface area is 171 Å². The molecule has 1 aliphatic rings. The van der Waals surface area contributed by atoms with Crippen molar-refractivity contribution < 1.29 is 32.2 Å². The molecule has 0 bridgehead atoms. The lowest BCUT2D eigenvalue weighted by Crippen LogP contribution is -2.31. The average Bonchev–Trinajstić information content (AvgIpc) is 3.24. The number of nitrogens with one attached hydrogen (secondary N) is 2. The first-order valence-electron chi connectivity index (χ1n) is 9.41. The number of halogens is 3. The van der Waals surface area contributed by atoms with Crippen LogP contribution in [0, 0.1) is 0 Å². The predicted molar refractivity (Wildman–Crippen MR) is 103 cm³/mol. The van der Waals surface area contributed by atoms with Crippen LogP contribution in [0.25, 0.3) is 0 Å². The summed E-state index contributed by atoms with van der Waals surface area (Å²) in [6.07, 6.45) is -2.52. The molecule has 6 nitrogen and oxygen atoms in total. The van der Waals surface area contributed by atoms with Crippen molar-refractivity contribution in [3.05, 3.63) is 59.7 Å². The summed E-state index contributed by atoms with van der Waals surface area (Å²) >= 11 is 0. The topological polar surface area (TPSA) is 76.7 Å². The molecule has 1 saturated heterocycles. The summed E-state index contributed by atoms with van der Waals surface area (Å²) in [5.41, 5.74) is -0.389. The summed E-state index contributed by atoms with van der Waals surface area (Å²) in [6.45, 7) is 0.779. The molecule has 9 heteroatoms. The molecule has 30 heavy (non-hydrogen) atoms. The summed E-state index contributed by atoms with van der Waals surface area (Å²) in [5, 5.41) is 5.16. The van der Waals surface area contributed by atoms with E-state index in [0.29, 0.717) is 24.5 Å². The van der Waals surface area contributed by atoms with E-state index in [1.54, 1.807) is 24.3 Å². The molecule has 0 saturated carbocycles. The third-order valence-electron chi connectivity index (χ3n) is 4.47. The van der Waals surface area contributed by atoms with Gasteiger partial charge in [-0.2, -0.15) is 13.2 Å². The number of alkyl halides is 3. The second-order valence-corrected chi connectivity index (χ2v) is 6.78. The third kappa shape index (κ3) is 6.21. The SMILES string of the molecule is O=C(COc1ccc(C(=O)NC[C@H]2CCCO2)cc1)Nc1cccc(C(F)(F)F)c1. The minimum atomic E-state index is -4.49. The number of carbonyl (C=O) groups excluding carboxylic acids is 2. The van der Waals surface area contributed by atoms with E-state index in [0.717, 1.165) is 25.0 Å². The molecular formula is C21H21F3N2O4. The first kappa shape index (κ1) is 21.6. The normalized spacial score (nSPS) is 16.2. The lowest BCUT2D eigenvalue weighted by Gasteiger charge is -2.12. The Kier molecular flexibility index (Phi) is 6.94. The van der Waals surface area contributed by atoms with Crippen LogP contribution < -0.4 is 15.4 Å². The number of carbonyl (C=O) groups is 2. The Balaban J connectivity index is 1.46. The summed E-state index contributed by atoms with van der Waals surface area (Å²) in [4.78, 5) is 24.1.